The second kappa shape index (κ2) is 4.88. The van der Waals surface area contributed by atoms with Crippen molar-refractivity contribution in [2.45, 2.75) is 13.0 Å². The summed E-state index contributed by atoms with van der Waals surface area (Å²) in [6.07, 6.45) is 2.16. The third-order valence-electron chi connectivity index (χ3n) is 1.84. The van der Waals surface area contributed by atoms with E-state index in [9.17, 15) is 0 Å². The fourth-order valence-electron chi connectivity index (χ4n) is 1.13. The predicted molar refractivity (Wildman–Crippen MR) is 54.0 cm³/mol. The molecule has 0 spiro atoms. The van der Waals surface area contributed by atoms with E-state index in [0.717, 1.165) is 25.3 Å². The number of nitrogens with one attached hydrogen (secondary N) is 1. The van der Waals surface area contributed by atoms with Crippen LogP contribution in [0.25, 0.3) is 0 Å². The molecule has 0 unspecified atom stereocenters. The van der Waals surface area contributed by atoms with Crippen molar-refractivity contribution in [3.63, 3.8) is 0 Å². The molecule has 4 nitrogen and oxygen atoms in total. The highest BCUT2D eigenvalue weighted by Crippen LogP contribution is 2.04. The first-order valence-electron chi connectivity index (χ1n) is 4.42. The second-order valence-electron chi connectivity index (χ2n) is 2.91. The van der Waals surface area contributed by atoms with Gasteiger partial charge in [-0.05, 0) is 22.4 Å². The summed E-state index contributed by atoms with van der Waals surface area (Å²) in [4.78, 5) is 3.94. The van der Waals surface area contributed by atoms with Crippen LogP contribution in [0.3, 0.4) is 0 Å². The zero-order valence-electron chi connectivity index (χ0n) is 7.64. The van der Waals surface area contributed by atoms with Crippen molar-refractivity contribution < 1.29 is 4.52 Å². The average molecular weight is 209 g/mol. The summed E-state index contributed by atoms with van der Waals surface area (Å²) in [5.41, 5.74) is 1.32. The van der Waals surface area contributed by atoms with Crippen LogP contribution < -0.4 is 5.32 Å². The van der Waals surface area contributed by atoms with Gasteiger partial charge in [0.05, 0.1) is 0 Å². The lowest BCUT2D eigenvalue weighted by Crippen LogP contribution is -2.16. The Morgan fingerprint density at radius 1 is 1.50 bits per heavy atom. The van der Waals surface area contributed by atoms with Gasteiger partial charge in [-0.3, -0.25) is 0 Å². The lowest BCUT2D eigenvalue weighted by molar-refractivity contribution is 0.409. The third-order valence-corrected chi connectivity index (χ3v) is 2.57. The van der Waals surface area contributed by atoms with Crippen LogP contribution in [0.1, 0.15) is 11.4 Å². The molecule has 2 heterocycles. The van der Waals surface area contributed by atoms with Crippen molar-refractivity contribution in [2.24, 2.45) is 0 Å². The molecule has 0 radical (unpaired) electrons. The highest BCUT2D eigenvalue weighted by Gasteiger charge is 1.97. The average Bonchev–Trinajstić information content (AvgIpc) is 2.86. The smallest absolute Gasteiger partial charge is 0.213 e. The van der Waals surface area contributed by atoms with Crippen molar-refractivity contribution >= 4 is 11.3 Å². The van der Waals surface area contributed by atoms with Crippen LogP contribution >= 0.6 is 11.3 Å². The van der Waals surface area contributed by atoms with E-state index in [1.165, 1.54) is 12.0 Å². The molecule has 14 heavy (non-hydrogen) atoms. The molecule has 0 saturated carbocycles. The molecular weight excluding hydrogens is 198 g/mol. The normalized spacial score (nSPS) is 10.6. The maximum absolute atomic E-state index is 4.63. The Kier molecular flexibility index (Phi) is 3.26. The molecule has 5 heteroatoms. The Hall–Kier alpha value is -1.20. The maximum Gasteiger partial charge on any atom is 0.213 e. The Labute approximate surface area is 86.0 Å². The largest absolute Gasteiger partial charge is 0.343 e. The van der Waals surface area contributed by atoms with Gasteiger partial charge in [-0.2, -0.15) is 16.3 Å². The van der Waals surface area contributed by atoms with Gasteiger partial charge in [0.25, 0.3) is 0 Å². The van der Waals surface area contributed by atoms with Gasteiger partial charge in [0, 0.05) is 19.5 Å². The molecule has 0 aromatic carbocycles. The zero-order valence-corrected chi connectivity index (χ0v) is 8.46. The maximum atomic E-state index is 4.63. The molecule has 0 aliphatic heterocycles. The minimum Gasteiger partial charge on any atom is -0.343 e. The first kappa shape index (κ1) is 9.36. The van der Waals surface area contributed by atoms with Crippen molar-refractivity contribution in [3.8, 4) is 0 Å². The van der Waals surface area contributed by atoms with E-state index in [4.69, 9.17) is 0 Å². The Bertz CT molecular complexity index is 308. The Balaban J connectivity index is 1.65. The van der Waals surface area contributed by atoms with Crippen LogP contribution in [-0.2, 0) is 13.0 Å². The van der Waals surface area contributed by atoms with Gasteiger partial charge in [-0.15, -0.1) is 0 Å². The molecule has 0 atom stereocenters. The standard InChI is InChI=1S/C9H11N3OS/c1(9-11-7-13-12-9)3-10-5-8-2-4-14-6-8/h2,4,6-7,10H,1,3,5H2. The van der Waals surface area contributed by atoms with Crippen LogP contribution in [0.2, 0.25) is 0 Å². The molecule has 2 rings (SSSR count). The summed E-state index contributed by atoms with van der Waals surface area (Å²) in [5, 5.41) is 11.3. The van der Waals surface area contributed by atoms with E-state index in [0.29, 0.717) is 0 Å². The third kappa shape index (κ3) is 2.65. The molecule has 1 N–H and O–H groups in total. The number of rotatable bonds is 5. The van der Waals surface area contributed by atoms with Gasteiger partial charge in [-0.25, -0.2) is 0 Å². The Morgan fingerprint density at radius 3 is 3.21 bits per heavy atom. The van der Waals surface area contributed by atoms with Crippen LogP contribution in [0.4, 0.5) is 0 Å². The summed E-state index contributed by atoms with van der Waals surface area (Å²) >= 11 is 1.72. The number of hydrogen-bond acceptors (Lipinski definition) is 5. The molecular formula is C9H11N3OS. The molecule has 2 aromatic heterocycles. The van der Waals surface area contributed by atoms with E-state index >= 15 is 0 Å². The first-order chi connectivity index (χ1) is 6.95. The molecule has 0 saturated heterocycles. The van der Waals surface area contributed by atoms with Crippen molar-refractivity contribution in [1.29, 1.82) is 0 Å². The summed E-state index contributed by atoms with van der Waals surface area (Å²) in [5.74, 6) is 0.753. The quantitative estimate of drug-likeness (QED) is 0.757. The molecule has 0 aliphatic rings. The molecule has 0 amide bonds. The first-order valence-corrected chi connectivity index (χ1v) is 5.36. The number of aromatic nitrogens is 2. The van der Waals surface area contributed by atoms with Gasteiger partial charge < -0.3 is 9.84 Å². The van der Waals surface area contributed by atoms with E-state index in [-0.39, 0.29) is 0 Å². The summed E-state index contributed by atoms with van der Waals surface area (Å²) in [6.45, 7) is 1.77. The summed E-state index contributed by atoms with van der Waals surface area (Å²) in [7, 11) is 0. The monoisotopic (exact) mass is 209 g/mol. The predicted octanol–water partition coefficient (Wildman–Crippen LogP) is 1.46. The second-order valence-corrected chi connectivity index (χ2v) is 3.69. The van der Waals surface area contributed by atoms with Crippen LogP contribution in [0.15, 0.2) is 27.7 Å². The van der Waals surface area contributed by atoms with Gasteiger partial charge in [0.15, 0.2) is 5.82 Å². The van der Waals surface area contributed by atoms with E-state index < -0.39 is 0 Å². The Morgan fingerprint density at radius 2 is 2.50 bits per heavy atom. The zero-order chi connectivity index (χ0) is 9.64. The molecule has 0 bridgehead atoms. The molecule has 0 aliphatic carbocycles. The highest BCUT2D eigenvalue weighted by atomic mass is 32.1. The summed E-state index contributed by atoms with van der Waals surface area (Å²) in [6, 6.07) is 2.12. The fraction of sp³-hybridized carbons (Fsp3) is 0.333. The minimum absolute atomic E-state index is 0.753. The SMILES string of the molecule is c1nc(CCNCc2ccsc2)no1. The molecule has 74 valence electrons. The van der Waals surface area contributed by atoms with Gasteiger partial charge in [0.2, 0.25) is 6.39 Å². The molecule has 2 aromatic rings. The topological polar surface area (TPSA) is 51.0 Å². The van der Waals surface area contributed by atoms with E-state index in [1.54, 1.807) is 11.3 Å². The highest BCUT2D eigenvalue weighted by molar-refractivity contribution is 7.07. The van der Waals surface area contributed by atoms with Gasteiger partial charge in [-0.1, -0.05) is 5.16 Å². The lowest BCUT2D eigenvalue weighted by Gasteiger charge is -1.99. The van der Waals surface area contributed by atoms with Gasteiger partial charge in [0.1, 0.15) is 0 Å². The van der Waals surface area contributed by atoms with Crippen LogP contribution in [0.5, 0.6) is 0 Å². The fourth-order valence-corrected chi connectivity index (χ4v) is 1.80. The van der Waals surface area contributed by atoms with Crippen molar-refractivity contribution in [1.82, 2.24) is 15.5 Å². The number of nitrogens with zero attached hydrogens (tertiary/aromatic N) is 2. The van der Waals surface area contributed by atoms with E-state index in [2.05, 4.69) is 36.8 Å². The minimum atomic E-state index is 0.753. The van der Waals surface area contributed by atoms with Crippen LogP contribution in [0, 0.1) is 0 Å². The van der Waals surface area contributed by atoms with E-state index in [1.807, 2.05) is 0 Å². The van der Waals surface area contributed by atoms with Crippen LogP contribution in [-0.4, -0.2) is 16.7 Å². The number of hydrogen-bond donors (Lipinski definition) is 1. The summed E-state index contributed by atoms with van der Waals surface area (Å²) < 4.78 is 4.63. The lowest BCUT2D eigenvalue weighted by atomic mass is 10.3. The van der Waals surface area contributed by atoms with Gasteiger partial charge >= 0.3 is 0 Å². The van der Waals surface area contributed by atoms with Crippen molar-refractivity contribution in [2.75, 3.05) is 6.54 Å². The van der Waals surface area contributed by atoms with Crippen molar-refractivity contribution in [3.05, 3.63) is 34.6 Å². The molecule has 0 fully saturated rings. The number of thiophene rings is 1.